The molecule has 0 unspecified atom stereocenters. The van der Waals surface area contributed by atoms with Crippen molar-refractivity contribution in [3.63, 3.8) is 0 Å². The summed E-state index contributed by atoms with van der Waals surface area (Å²) in [7, 11) is 0. The molecule has 0 aromatic rings. The lowest BCUT2D eigenvalue weighted by Crippen LogP contribution is -2.15. The van der Waals surface area contributed by atoms with Crippen LogP contribution in [0.5, 0.6) is 0 Å². The average molecular weight is 302 g/mol. The Balaban J connectivity index is 1.75. The maximum Gasteiger partial charge on any atom is 0.0923 e. The van der Waals surface area contributed by atoms with E-state index in [1.807, 2.05) is 0 Å². The summed E-state index contributed by atoms with van der Waals surface area (Å²) in [6.07, 6.45) is 12.0. The van der Waals surface area contributed by atoms with Gasteiger partial charge in [-0.25, -0.2) is 0 Å². The predicted molar refractivity (Wildman–Crippen MR) is 90.9 cm³/mol. The summed E-state index contributed by atoms with van der Waals surface area (Å²) in [5.74, 6) is 0. The minimum absolute atomic E-state index is 0.0676. The van der Waals surface area contributed by atoms with Crippen LogP contribution in [0, 0.1) is 0 Å². The molecule has 0 aromatic carbocycles. The Morgan fingerprint density at radius 1 is 1.05 bits per heavy atom. The monoisotopic (exact) mass is 302 g/mol. The fourth-order valence-corrected chi connectivity index (χ4v) is 3.67. The van der Waals surface area contributed by atoms with Gasteiger partial charge in [-0.1, -0.05) is 29.9 Å². The minimum Gasteiger partial charge on any atom is -0.366 e. The lowest BCUT2D eigenvalue weighted by atomic mass is 9.90. The summed E-state index contributed by atoms with van der Waals surface area (Å²) in [5, 5.41) is 0. The van der Waals surface area contributed by atoms with Crippen LogP contribution in [0.1, 0.15) is 66.2 Å². The third-order valence-corrected chi connectivity index (χ3v) is 5.78. The first-order chi connectivity index (χ1) is 10.3. The van der Waals surface area contributed by atoms with Crippen molar-refractivity contribution in [3.8, 4) is 0 Å². The van der Waals surface area contributed by atoms with Crippen molar-refractivity contribution in [1.29, 1.82) is 0 Å². The molecule has 2 fully saturated rings. The second-order valence-corrected chi connectivity index (χ2v) is 7.90. The number of hydrogen-bond donors (Lipinski definition) is 0. The second kappa shape index (κ2) is 5.65. The van der Waals surface area contributed by atoms with E-state index >= 15 is 0 Å². The molecule has 22 heavy (non-hydrogen) atoms. The van der Waals surface area contributed by atoms with Gasteiger partial charge in [-0.2, -0.15) is 0 Å². The van der Waals surface area contributed by atoms with Crippen molar-refractivity contribution in [2.75, 3.05) is 0 Å². The smallest absolute Gasteiger partial charge is 0.0923 e. The highest BCUT2D eigenvalue weighted by Gasteiger charge is 2.56. The Labute approximate surface area is 135 Å². The van der Waals surface area contributed by atoms with Crippen LogP contribution in [0.2, 0.25) is 0 Å². The molecule has 0 aromatic heterocycles. The number of fused-ring (bicyclic) bond motifs is 2. The third-order valence-electron chi connectivity index (χ3n) is 5.78. The van der Waals surface area contributed by atoms with E-state index < -0.39 is 0 Å². The van der Waals surface area contributed by atoms with Gasteiger partial charge in [0.1, 0.15) is 0 Å². The number of hydrogen-bond acceptors (Lipinski definition) is 2. The van der Waals surface area contributed by atoms with Crippen molar-refractivity contribution in [1.82, 2.24) is 0 Å². The first-order valence-electron chi connectivity index (χ1n) is 8.70. The van der Waals surface area contributed by atoms with Crippen molar-refractivity contribution in [2.45, 2.75) is 89.6 Å². The van der Waals surface area contributed by atoms with E-state index in [9.17, 15) is 0 Å². The SMILES string of the molecule is C=C(C)/C1=C/C=C(\C)CC[C@H]2O[C@@]2(C)CC[C@H]2O[C@@]2(C)CC1. The van der Waals surface area contributed by atoms with E-state index in [-0.39, 0.29) is 11.2 Å². The van der Waals surface area contributed by atoms with Gasteiger partial charge >= 0.3 is 0 Å². The summed E-state index contributed by atoms with van der Waals surface area (Å²) in [5.41, 5.74) is 4.14. The van der Waals surface area contributed by atoms with Crippen LogP contribution < -0.4 is 0 Å². The van der Waals surface area contributed by atoms with Crippen LogP contribution in [0.3, 0.4) is 0 Å². The maximum absolute atomic E-state index is 6.01. The molecule has 0 bridgehead atoms. The van der Waals surface area contributed by atoms with E-state index in [1.54, 1.807) is 0 Å². The standard InChI is InChI=1S/C20H30O2/c1-14(2)16-8-6-15(3)7-9-17-20(5,21-17)13-11-18-19(4,22-18)12-10-16/h6,8,17-18H,1,7,9-13H2,2-5H3/b15-6+,16-8+/t17-,18-,19+,20+/m1/s1. The van der Waals surface area contributed by atoms with Crippen LogP contribution in [-0.2, 0) is 9.47 Å². The van der Waals surface area contributed by atoms with Crippen molar-refractivity contribution >= 4 is 0 Å². The van der Waals surface area contributed by atoms with E-state index in [4.69, 9.17) is 9.47 Å². The number of epoxide rings is 2. The lowest BCUT2D eigenvalue weighted by Gasteiger charge is -2.12. The maximum atomic E-state index is 6.01. The summed E-state index contributed by atoms with van der Waals surface area (Å²) in [6.45, 7) is 13.0. The Morgan fingerprint density at radius 3 is 2.36 bits per heavy atom. The van der Waals surface area contributed by atoms with Crippen LogP contribution >= 0.6 is 0 Å². The lowest BCUT2D eigenvalue weighted by molar-refractivity contribution is 0.270. The van der Waals surface area contributed by atoms with Crippen molar-refractivity contribution in [2.24, 2.45) is 0 Å². The zero-order chi connectivity index (χ0) is 16.0. The predicted octanol–water partition coefficient (Wildman–Crippen LogP) is 5.10. The third kappa shape index (κ3) is 3.38. The summed E-state index contributed by atoms with van der Waals surface area (Å²) in [6, 6.07) is 0. The molecule has 2 aliphatic heterocycles. The van der Waals surface area contributed by atoms with Gasteiger partial charge in [-0.05, 0) is 71.8 Å². The van der Waals surface area contributed by atoms with Gasteiger partial charge in [0, 0.05) is 0 Å². The Hall–Kier alpha value is -0.860. The Bertz CT molecular complexity index is 530. The molecule has 0 N–H and O–H groups in total. The van der Waals surface area contributed by atoms with Crippen molar-refractivity contribution in [3.05, 3.63) is 35.5 Å². The normalized spacial score (nSPS) is 46.9. The first-order valence-corrected chi connectivity index (χ1v) is 8.70. The number of ether oxygens (including phenoxy) is 2. The highest BCUT2D eigenvalue weighted by molar-refractivity contribution is 5.31. The molecule has 122 valence electrons. The second-order valence-electron chi connectivity index (χ2n) is 7.90. The molecule has 0 spiro atoms. The van der Waals surface area contributed by atoms with Gasteiger partial charge in [0.15, 0.2) is 0 Å². The molecule has 2 heterocycles. The highest BCUT2D eigenvalue weighted by Crippen LogP contribution is 2.49. The van der Waals surface area contributed by atoms with Gasteiger partial charge < -0.3 is 9.47 Å². The number of allylic oxidation sites excluding steroid dienone is 5. The van der Waals surface area contributed by atoms with E-state index in [0.29, 0.717) is 12.2 Å². The van der Waals surface area contributed by atoms with Crippen LogP contribution in [0.15, 0.2) is 35.5 Å². The van der Waals surface area contributed by atoms with Crippen molar-refractivity contribution < 1.29 is 9.47 Å². The molecule has 0 amide bonds. The molecule has 4 atom stereocenters. The topological polar surface area (TPSA) is 25.1 Å². The zero-order valence-electron chi connectivity index (χ0n) is 14.6. The quantitative estimate of drug-likeness (QED) is 0.629. The van der Waals surface area contributed by atoms with Gasteiger partial charge in [0.25, 0.3) is 0 Å². The van der Waals surface area contributed by atoms with Crippen LogP contribution in [0.25, 0.3) is 0 Å². The number of rotatable bonds is 1. The van der Waals surface area contributed by atoms with Crippen LogP contribution in [-0.4, -0.2) is 23.4 Å². The molecular weight excluding hydrogens is 272 g/mol. The van der Waals surface area contributed by atoms with Gasteiger partial charge in [-0.3, -0.25) is 0 Å². The largest absolute Gasteiger partial charge is 0.366 e. The molecular formula is C20H30O2. The zero-order valence-corrected chi connectivity index (χ0v) is 14.6. The van der Waals surface area contributed by atoms with Crippen LogP contribution in [0.4, 0.5) is 0 Å². The Morgan fingerprint density at radius 2 is 1.68 bits per heavy atom. The molecule has 0 saturated carbocycles. The molecule has 2 nitrogen and oxygen atoms in total. The minimum atomic E-state index is 0.0676. The average Bonchev–Trinajstić information content (AvgIpc) is 3.30. The van der Waals surface area contributed by atoms with Gasteiger partial charge in [0.2, 0.25) is 0 Å². The Kier molecular flexibility index (Phi) is 4.11. The molecule has 3 rings (SSSR count). The molecule has 2 heteroatoms. The van der Waals surface area contributed by atoms with Gasteiger partial charge in [0.05, 0.1) is 23.4 Å². The van der Waals surface area contributed by atoms with E-state index in [1.165, 1.54) is 16.7 Å². The summed E-state index contributed by atoms with van der Waals surface area (Å²) >= 11 is 0. The highest BCUT2D eigenvalue weighted by atomic mass is 16.6. The molecule has 3 aliphatic rings. The summed E-state index contributed by atoms with van der Waals surface area (Å²) < 4.78 is 12.0. The summed E-state index contributed by atoms with van der Waals surface area (Å²) in [4.78, 5) is 0. The van der Waals surface area contributed by atoms with Gasteiger partial charge in [-0.15, -0.1) is 0 Å². The molecule has 1 aliphatic carbocycles. The van der Waals surface area contributed by atoms with E-state index in [2.05, 4.69) is 46.4 Å². The fourth-order valence-electron chi connectivity index (χ4n) is 3.67. The fraction of sp³-hybridized carbons (Fsp3) is 0.700. The first kappa shape index (κ1) is 16.0. The van der Waals surface area contributed by atoms with E-state index in [0.717, 1.165) is 38.5 Å². The molecule has 2 saturated heterocycles. The molecule has 0 radical (unpaired) electrons.